The highest BCUT2D eigenvalue weighted by atomic mass is 16.5. The first kappa shape index (κ1) is 18.6. The Morgan fingerprint density at radius 3 is 2.46 bits per heavy atom. The lowest BCUT2D eigenvalue weighted by atomic mass is 9.86. The van der Waals surface area contributed by atoms with Crippen molar-refractivity contribution in [3.63, 3.8) is 0 Å². The largest absolute Gasteiger partial charge is 0.504 e. The lowest BCUT2D eigenvalue weighted by Crippen LogP contribution is -2.45. The van der Waals surface area contributed by atoms with Crippen LogP contribution >= 0.6 is 0 Å². The number of rotatable bonds is 6. The van der Waals surface area contributed by atoms with E-state index in [4.69, 9.17) is 4.74 Å². The van der Waals surface area contributed by atoms with Gasteiger partial charge in [0.15, 0.2) is 11.5 Å². The monoisotopic (exact) mass is 334 g/mol. The second kappa shape index (κ2) is 8.38. The molecular weight excluding hydrogens is 304 g/mol. The highest BCUT2D eigenvalue weighted by Crippen LogP contribution is 2.30. The number of likely N-dealkylation sites (N-methyl/N-ethyl adjacent to an activating group) is 1. The molecule has 1 N–H and O–H groups in total. The van der Waals surface area contributed by atoms with Gasteiger partial charge in [0.05, 0.1) is 7.11 Å². The quantitative estimate of drug-likeness (QED) is 0.869. The van der Waals surface area contributed by atoms with E-state index < -0.39 is 0 Å². The van der Waals surface area contributed by atoms with Crippen LogP contribution in [-0.2, 0) is 0 Å². The summed E-state index contributed by atoms with van der Waals surface area (Å²) in [5.74, 6) is 1.17. The Morgan fingerprint density at radius 2 is 1.88 bits per heavy atom. The standard InChI is InChI=1S/C19H30N2O3/c1-14-5-8-16(9-6-14)21(12-11-20(2)3)19(23)15-7-10-17(22)18(13-15)24-4/h7,10,13-14,16,22H,5-6,8-9,11-12H2,1-4H3/t14-,16-. The molecule has 134 valence electrons. The Hall–Kier alpha value is -1.75. The molecule has 0 aliphatic heterocycles. The molecule has 1 amide bonds. The lowest BCUT2D eigenvalue weighted by molar-refractivity contribution is 0.0597. The topological polar surface area (TPSA) is 53.0 Å². The second-order valence-corrected chi connectivity index (χ2v) is 7.10. The summed E-state index contributed by atoms with van der Waals surface area (Å²) in [6, 6.07) is 5.13. The van der Waals surface area contributed by atoms with Gasteiger partial charge in [-0.05, 0) is 63.9 Å². The fraction of sp³-hybridized carbons (Fsp3) is 0.632. The number of phenolic OH excluding ortho intramolecular Hbond substituents is 1. The molecule has 1 saturated carbocycles. The van der Waals surface area contributed by atoms with Crippen molar-refractivity contribution in [1.29, 1.82) is 0 Å². The van der Waals surface area contributed by atoms with Crippen LogP contribution < -0.4 is 4.74 Å². The number of methoxy groups -OCH3 is 1. The number of hydrogen-bond donors (Lipinski definition) is 1. The molecule has 0 spiro atoms. The van der Waals surface area contributed by atoms with Crippen molar-refractivity contribution in [2.24, 2.45) is 5.92 Å². The van der Waals surface area contributed by atoms with Gasteiger partial charge < -0.3 is 19.6 Å². The molecular formula is C19H30N2O3. The van der Waals surface area contributed by atoms with Crippen LogP contribution in [0.25, 0.3) is 0 Å². The van der Waals surface area contributed by atoms with Crippen molar-refractivity contribution in [2.75, 3.05) is 34.3 Å². The van der Waals surface area contributed by atoms with E-state index in [2.05, 4.69) is 11.8 Å². The van der Waals surface area contributed by atoms with E-state index in [0.29, 0.717) is 23.9 Å². The molecule has 5 nitrogen and oxygen atoms in total. The van der Waals surface area contributed by atoms with Crippen molar-refractivity contribution in [3.8, 4) is 11.5 Å². The molecule has 1 aliphatic carbocycles. The normalized spacial score (nSPS) is 20.9. The van der Waals surface area contributed by atoms with Gasteiger partial charge in [0.1, 0.15) is 0 Å². The average molecular weight is 334 g/mol. The predicted molar refractivity (Wildman–Crippen MR) is 95.7 cm³/mol. The Balaban J connectivity index is 2.20. The Morgan fingerprint density at radius 1 is 1.21 bits per heavy atom. The average Bonchev–Trinajstić information content (AvgIpc) is 2.56. The van der Waals surface area contributed by atoms with Gasteiger partial charge in [-0.2, -0.15) is 0 Å². The van der Waals surface area contributed by atoms with E-state index in [-0.39, 0.29) is 11.7 Å². The van der Waals surface area contributed by atoms with Gasteiger partial charge in [-0.1, -0.05) is 6.92 Å². The smallest absolute Gasteiger partial charge is 0.254 e. The van der Waals surface area contributed by atoms with Gasteiger partial charge in [0.2, 0.25) is 0 Å². The van der Waals surface area contributed by atoms with Crippen LogP contribution in [0, 0.1) is 5.92 Å². The second-order valence-electron chi connectivity index (χ2n) is 7.10. The molecule has 1 aromatic carbocycles. The molecule has 24 heavy (non-hydrogen) atoms. The number of phenols is 1. The molecule has 0 saturated heterocycles. The van der Waals surface area contributed by atoms with E-state index in [1.54, 1.807) is 12.1 Å². The minimum atomic E-state index is 0.0229. The zero-order valence-corrected chi connectivity index (χ0v) is 15.3. The summed E-state index contributed by atoms with van der Waals surface area (Å²) in [4.78, 5) is 17.2. The van der Waals surface area contributed by atoms with Crippen molar-refractivity contribution >= 4 is 5.91 Å². The number of ether oxygens (including phenoxy) is 1. The van der Waals surface area contributed by atoms with Gasteiger partial charge in [-0.3, -0.25) is 4.79 Å². The van der Waals surface area contributed by atoms with E-state index >= 15 is 0 Å². The van der Waals surface area contributed by atoms with Crippen LogP contribution in [0.1, 0.15) is 43.0 Å². The molecule has 2 rings (SSSR count). The number of carbonyl (C=O) groups is 1. The van der Waals surface area contributed by atoms with Crippen molar-refractivity contribution in [2.45, 2.75) is 38.6 Å². The van der Waals surface area contributed by atoms with Gasteiger partial charge in [0.25, 0.3) is 5.91 Å². The minimum Gasteiger partial charge on any atom is -0.504 e. The number of hydrogen-bond acceptors (Lipinski definition) is 4. The maximum atomic E-state index is 13.1. The SMILES string of the molecule is COc1cc(C(=O)N(CCN(C)C)[C@H]2CC[C@H](C)CC2)ccc1O. The number of carbonyl (C=O) groups excluding carboxylic acids is 1. The van der Waals surface area contributed by atoms with Crippen LogP contribution in [0.15, 0.2) is 18.2 Å². The fourth-order valence-corrected chi connectivity index (χ4v) is 3.29. The number of benzene rings is 1. The van der Waals surface area contributed by atoms with Gasteiger partial charge in [-0.25, -0.2) is 0 Å². The van der Waals surface area contributed by atoms with Crippen LogP contribution in [0.4, 0.5) is 0 Å². The molecule has 1 fully saturated rings. The number of nitrogens with zero attached hydrogens (tertiary/aromatic N) is 2. The Kier molecular flexibility index (Phi) is 6.49. The summed E-state index contributed by atoms with van der Waals surface area (Å²) in [6.07, 6.45) is 4.48. The molecule has 1 aromatic rings. The zero-order chi connectivity index (χ0) is 17.7. The van der Waals surface area contributed by atoms with Crippen LogP contribution in [0.5, 0.6) is 11.5 Å². The third kappa shape index (κ3) is 4.63. The fourth-order valence-electron chi connectivity index (χ4n) is 3.29. The van der Waals surface area contributed by atoms with Crippen LogP contribution in [-0.4, -0.2) is 61.2 Å². The first-order chi connectivity index (χ1) is 11.4. The summed E-state index contributed by atoms with van der Waals surface area (Å²) < 4.78 is 5.14. The molecule has 0 bridgehead atoms. The molecule has 0 atom stereocenters. The first-order valence-corrected chi connectivity index (χ1v) is 8.75. The van der Waals surface area contributed by atoms with Gasteiger partial charge in [-0.15, -0.1) is 0 Å². The van der Waals surface area contributed by atoms with E-state index in [1.165, 1.54) is 26.0 Å². The van der Waals surface area contributed by atoms with E-state index in [9.17, 15) is 9.90 Å². The third-order valence-corrected chi connectivity index (χ3v) is 4.90. The number of amides is 1. The predicted octanol–water partition coefficient (Wildman–Crippen LogP) is 2.98. The van der Waals surface area contributed by atoms with E-state index in [0.717, 1.165) is 25.3 Å². The van der Waals surface area contributed by atoms with E-state index in [1.807, 2.05) is 19.0 Å². The highest BCUT2D eigenvalue weighted by molar-refractivity contribution is 5.95. The molecule has 0 unspecified atom stereocenters. The van der Waals surface area contributed by atoms with Crippen molar-refractivity contribution in [3.05, 3.63) is 23.8 Å². The maximum Gasteiger partial charge on any atom is 0.254 e. The molecule has 1 aliphatic rings. The van der Waals surface area contributed by atoms with Gasteiger partial charge >= 0.3 is 0 Å². The highest BCUT2D eigenvalue weighted by Gasteiger charge is 2.28. The summed E-state index contributed by atoms with van der Waals surface area (Å²) in [6.45, 7) is 3.84. The lowest BCUT2D eigenvalue weighted by Gasteiger charge is -2.37. The summed E-state index contributed by atoms with van der Waals surface area (Å²) in [5, 5.41) is 9.75. The molecule has 0 heterocycles. The third-order valence-electron chi connectivity index (χ3n) is 4.90. The maximum absolute atomic E-state index is 13.1. The summed E-state index contributed by atoms with van der Waals surface area (Å²) >= 11 is 0. The summed E-state index contributed by atoms with van der Waals surface area (Å²) in [7, 11) is 5.54. The Bertz CT molecular complexity index is 552. The minimum absolute atomic E-state index is 0.0229. The summed E-state index contributed by atoms with van der Waals surface area (Å²) in [5.41, 5.74) is 0.571. The first-order valence-electron chi connectivity index (χ1n) is 8.75. The number of aromatic hydroxyl groups is 1. The zero-order valence-electron chi connectivity index (χ0n) is 15.3. The van der Waals surface area contributed by atoms with Crippen LogP contribution in [0.2, 0.25) is 0 Å². The Labute approximate surface area is 145 Å². The molecule has 0 aromatic heterocycles. The van der Waals surface area contributed by atoms with Crippen molar-refractivity contribution < 1.29 is 14.6 Å². The van der Waals surface area contributed by atoms with Crippen molar-refractivity contribution in [1.82, 2.24) is 9.80 Å². The van der Waals surface area contributed by atoms with Crippen LogP contribution in [0.3, 0.4) is 0 Å². The molecule has 5 heteroatoms. The molecule has 0 radical (unpaired) electrons. The van der Waals surface area contributed by atoms with Gasteiger partial charge in [0, 0.05) is 24.7 Å².